The molecule has 25 heavy (non-hydrogen) atoms. The third kappa shape index (κ3) is 5.18. The van der Waals surface area contributed by atoms with Crippen molar-refractivity contribution in [3.63, 3.8) is 0 Å². The van der Waals surface area contributed by atoms with Gasteiger partial charge in [0.25, 0.3) is 0 Å². The summed E-state index contributed by atoms with van der Waals surface area (Å²) in [7, 11) is -3.60. The molecule has 7 nitrogen and oxygen atoms in total. The Hall–Kier alpha value is -2.10. The van der Waals surface area contributed by atoms with E-state index in [1.54, 1.807) is 18.3 Å². The molecule has 0 saturated carbocycles. The molecule has 0 atom stereocenters. The maximum atomic E-state index is 13.2. The summed E-state index contributed by atoms with van der Waals surface area (Å²) in [6.07, 6.45) is 1.61. The van der Waals surface area contributed by atoms with E-state index in [2.05, 4.69) is 14.7 Å². The molecule has 3 rings (SSSR count). The van der Waals surface area contributed by atoms with Gasteiger partial charge in [0.05, 0.1) is 31.2 Å². The van der Waals surface area contributed by atoms with Crippen molar-refractivity contribution in [2.45, 2.75) is 12.3 Å². The molecule has 2 aromatic rings. The first kappa shape index (κ1) is 17.7. The van der Waals surface area contributed by atoms with Gasteiger partial charge in [-0.05, 0) is 23.8 Å². The van der Waals surface area contributed by atoms with Crippen LogP contribution in [0.25, 0.3) is 0 Å². The summed E-state index contributed by atoms with van der Waals surface area (Å²) < 4.78 is 45.3. The summed E-state index contributed by atoms with van der Waals surface area (Å²) in [5, 5.41) is 0. The van der Waals surface area contributed by atoms with Crippen LogP contribution in [0, 0.1) is 5.82 Å². The van der Waals surface area contributed by atoms with E-state index in [0.29, 0.717) is 43.5 Å². The van der Waals surface area contributed by atoms with Crippen LogP contribution < -0.4 is 9.62 Å². The van der Waals surface area contributed by atoms with Crippen molar-refractivity contribution in [1.82, 2.24) is 14.7 Å². The van der Waals surface area contributed by atoms with Crippen molar-refractivity contribution >= 4 is 16.0 Å². The highest BCUT2D eigenvalue weighted by Gasteiger charge is 2.15. The molecule has 0 unspecified atom stereocenters. The molecule has 1 saturated heterocycles. The molecule has 1 aromatic heterocycles. The Labute approximate surface area is 145 Å². The van der Waals surface area contributed by atoms with Crippen LogP contribution in [0.15, 0.2) is 36.5 Å². The lowest BCUT2D eigenvalue weighted by atomic mass is 10.2. The molecule has 0 amide bonds. The molecule has 2 heterocycles. The Morgan fingerprint density at radius 2 is 2.04 bits per heavy atom. The molecule has 1 aliphatic rings. The minimum Gasteiger partial charge on any atom is -0.378 e. The maximum Gasteiger partial charge on any atom is 0.225 e. The number of nitrogens with one attached hydrogen (secondary N) is 1. The predicted molar refractivity (Wildman–Crippen MR) is 90.9 cm³/mol. The van der Waals surface area contributed by atoms with E-state index in [0.717, 1.165) is 0 Å². The summed E-state index contributed by atoms with van der Waals surface area (Å²) in [6.45, 7) is 2.70. The molecule has 1 N–H and O–H groups in total. The quantitative estimate of drug-likeness (QED) is 0.823. The van der Waals surface area contributed by atoms with Gasteiger partial charge in [-0.2, -0.15) is 0 Å². The zero-order valence-corrected chi connectivity index (χ0v) is 14.4. The van der Waals surface area contributed by atoms with Gasteiger partial charge in [0, 0.05) is 19.3 Å². The van der Waals surface area contributed by atoms with Gasteiger partial charge in [-0.3, -0.25) is 0 Å². The van der Waals surface area contributed by atoms with Gasteiger partial charge in [-0.25, -0.2) is 27.5 Å². The predicted octanol–water partition coefficient (Wildman–Crippen LogP) is 1.07. The highest BCUT2D eigenvalue weighted by Crippen LogP contribution is 2.11. The van der Waals surface area contributed by atoms with Crippen LogP contribution in [0.2, 0.25) is 0 Å². The molecule has 1 fully saturated rings. The summed E-state index contributed by atoms with van der Waals surface area (Å²) in [6, 6.07) is 7.20. The largest absolute Gasteiger partial charge is 0.378 e. The number of nitrogens with zero attached hydrogens (tertiary/aromatic N) is 3. The first-order chi connectivity index (χ1) is 12.0. The van der Waals surface area contributed by atoms with Gasteiger partial charge in [0.1, 0.15) is 5.82 Å². The van der Waals surface area contributed by atoms with Crippen LogP contribution in [0.1, 0.15) is 11.3 Å². The third-order valence-electron chi connectivity index (χ3n) is 3.71. The van der Waals surface area contributed by atoms with Crippen LogP contribution >= 0.6 is 0 Å². The molecule has 0 spiro atoms. The number of benzene rings is 1. The fraction of sp³-hybridized carbons (Fsp3) is 0.375. The number of hydrogen-bond acceptors (Lipinski definition) is 6. The lowest BCUT2D eigenvalue weighted by molar-refractivity contribution is 0.122. The molecule has 1 aromatic carbocycles. The number of rotatable bonds is 6. The maximum absolute atomic E-state index is 13.2. The fourth-order valence-corrected chi connectivity index (χ4v) is 3.57. The topological polar surface area (TPSA) is 84.4 Å². The normalized spacial score (nSPS) is 15.3. The number of halogens is 1. The third-order valence-corrected chi connectivity index (χ3v) is 5.01. The zero-order valence-electron chi connectivity index (χ0n) is 13.6. The van der Waals surface area contributed by atoms with E-state index < -0.39 is 15.8 Å². The molecular formula is C16H19FN4O3S. The smallest absolute Gasteiger partial charge is 0.225 e. The first-order valence-corrected chi connectivity index (χ1v) is 9.53. The molecule has 0 aliphatic carbocycles. The lowest BCUT2D eigenvalue weighted by Crippen LogP contribution is -2.37. The second-order valence-electron chi connectivity index (χ2n) is 5.66. The van der Waals surface area contributed by atoms with Crippen LogP contribution in [0.4, 0.5) is 10.3 Å². The Balaban J connectivity index is 1.62. The van der Waals surface area contributed by atoms with Crippen molar-refractivity contribution < 1.29 is 17.5 Å². The fourth-order valence-electron chi connectivity index (χ4n) is 2.48. The van der Waals surface area contributed by atoms with Gasteiger partial charge < -0.3 is 9.64 Å². The lowest BCUT2D eigenvalue weighted by Gasteiger charge is -2.26. The summed E-state index contributed by atoms with van der Waals surface area (Å²) in [5.41, 5.74) is 0.962. The SMILES string of the molecule is O=S(=O)(Cc1cccc(F)c1)NCc1ccnc(N2CCOCC2)n1. The van der Waals surface area contributed by atoms with Crippen LogP contribution in [-0.2, 0) is 27.1 Å². The van der Waals surface area contributed by atoms with Gasteiger partial charge in [0.2, 0.25) is 16.0 Å². The van der Waals surface area contributed by atoms with Crippen molar-refractivity contribution in [3.8, 4) is 0 Å². The number of sulfonamides is 1. The molecular weight excluding hydrogens is 347 g/mol. The van der Waals surface area contributed by atoms with E-state index in [1.165, 1.54) is 18.2 Å². The number of anilines is 1. The number of hydrogen-bond donors (Lipinski definition) is 1. The number of aromatic nitrogens is 2. The van der Waals surface area contributed by atoms with E-state index in [-0.39, 0.29) is 12.3 Å². The molecule has 9 heteroatoms. The van der Waals surface area contributed by atoms with E-state index >= 15 is 0 Å². The minimum atomic E-state index is -3.60. The van der Waals surface area contributed by atoms with Crippen molar-refractivity contribution in [3.05, 3.63) is 53.6 Å². The summed E-state index contributed by atoms with van der Waals surface area (Å²) in [4.78, 5) is 10.6. The highest BCUT2D eigenvalue weighted by molar-refractivity contribution is 7.88. The number of morpholine rings is 1. The van der Waals surface area contributed by atoms with E-state index in [4.69, 9.17) is 4.74 Å². The van der Waals surface area contributed by atoms with Gasteiger partial charge in [0.15, 0.2) is 0 Å². The first-order valence-electron chi connectivity index (χ1n) is 7.88. The number of ether oxygens (including phenoxy) is 1. The zero-order chi connectivity index (χ0) is 17.7. The van der Waals surface area contributed by atoms with Crippen LogP contribution in [0.3, 0.4) is 0 Å². The monoisotopic (exact) mass is 366 g/mol. The molecule has 1 aliphatic heterocycles. The standard InChI is InChI=1S/C16H19FN4O3S/c17-14-3-1-2-13(10-14)12-25(22,23)19-11-15-4-5-18-16(20-15)21-6-8-24-9-7-21/h1-5,10,19H,6-9,11-12H2. The van der Waals surface area contributed by atoms with E-state index in [9.17, 15) is 12.8 Å². The van der Waals surface area contributed by atoms with Gasteiger partial charge in [-0.1, -0.05) is 12.1 Å². The van der Waals surface area contributed by atoms with Crippen molar-refractivity contribution in [2.75, 3.05) is 31.2 Å². The highest BCUT2D eigenvalue weighted by atomic mass is 32.2. The average Bonchev–Trinajstić information content (AvgIpc) is 2.61. The second kappa shape index (κ2) is 7.85. The average molecular weight is 366 g/mol. The van der Waals surface area contributed by atoms with Gasteiger partial charge >= 0.3 is 0 Å². The minimum absolute atomic E-state index is 0.0531. The van der Waals surface area contributed by atoms with E-state index in [1.807, 2.05) is 4.90 Å². The van der Waals surface area contributed by atoms with Crippen LogP contribution in [0.5, 0.6) is 0 Å². The molecule has 0 radical (unpaired) electrons. The van der Waals surface area contributed by atoms with Gasteiger partial charge in [-0.15, -0.1) is 0 Å². The molecule has 134 valence electrons. The van der Waals surface area contributed by atoms with Crippen molar-refractivity contribution in [2.24, 2.45) is 0 Å². The Kier molecular flexibility index (Phi) is 5.57. The van der Waals surface area contributed by atoms with Crippen LogP contribution in [-0.4, -0.2) is 44.7 Å². The summed E-state index contributed by atoms with van der Waals surface area (Å²) in [5.74, 6) is -0.185. The second-order valence-corrected chi connectivity index (χ2v) is 7.46. The Bertz CT molecular complexity index is 826. The van der Waals surface area contributed by atoms with Crippen molar-refractivity contribution in [1.29, 1.82) is 0 Å². The molecule has 0 bridgehead atoms. The summed E-state index contributed by atoms with van der Waals surface area (Å²) >= 11 is 0. The Morgan fingerprint density at radius 3 is 2.80 bits per heavy atom. The Morgan fingerprint density at radius 1 is 1.24 bits per heavy atom.